The van der Waals surface area contributed by atoms with Crippen LogP contribution in [0.25, 0.3) is 0 Å². The van der Waals surface area contributed by atoms with Gasteiger partial charge in [-0.3, -0.25) is 19.3 Å². The molecule has 0 atom stereocenters. The summed E-state index contributed by atoms with van der Waals surface area (Å²) in [6.07, 6.45) is 0. The number of imide groups is 2. The maximum Gasteiger partial charge on any atom is 0.334 e. The van der Waals surface area contributed by atoms with Gasteiger partial charge < -0.3 is 4.98 Å². The second-order valence-corrected chi connectivity index (χ2v) is 5.36. The van der Waals surface area contributed by atoms with Crippen molar-refractivity contribution in [3.63, 3.8) is 0 Å². The minimum Gasteiger partial charge on any atom is -0.362 e. The monoisotopic (exact) mass is 291 g/mol. The molecule has 0 aliphatic carbocycles. The number of ketones is 1. The third kappa shape index (κ3) is 2.46. The molecular weight excluding hydrogens is 274 g/mol. The average Bonchev–Trinajstić information content (AvgIpc) is 2.82. The summed E-state index contributed by atoms with van der Waals surface area (Å²) < 4.78 is 0. The number of hydrogen-bond donors (Lipinski definition) is 1. The summed E-state index contributed by atoms with van der Waals surface area (Å²) in [4.78, 5) is 52.4. The van der Waals surface area contributed by atoms with E-state index >= 15 is 0 Å². The molecule has 112 valence electrons. The van der Waals surface area contributed by atoms with E-state index in [4.69, 9.17) is 0 Å². The molecule has 1 N–H and O–H groups in total. The highest BCUT2D eigenvalue weighted by atomic mass is 16.2. The molecule has 1 saturated heterocycles. The van der Waals surface area contributed by atoms with Crippen LogP contribution in [0.2, 0.25) is 0 Å². The predicted octanol–water partition coefficient (Wildman–Crippen LogP) is 1.01. The fourth-order valence-electron chi connectivity index (χ4n) is 2.36. The van der Waals surface area contributed by atoms with Crippen molar-refractivity contribution in [2.75, 3.05) is 6.54 Å². The quantitative estimate of drug-likeness (QED) is 0.509. The molecule has 0 saturated carbocycles. The van der Waals surface area contributed by atoms with Crippen molar-refractivity contribution < 1.29 is 19.2 Å². The summed E-state index contributed by atoms with van der Waals surface area (Å²) in [6.45, 7) is 6.38. The lowest BCUT2D eigenvalue weighted by Gasteiger charge is -2.17. The zero-order valence-corrected chi connectivity index (χ0v) is 12.4. The Morgan fingerprint density at radius 1 is 1.19 bits per heavy atom. The SMILES string of the molecule is Cc1cc(C(=O)CN2C(=O)C(=O)N(C(C)C)C2=O)c(C)[nH]1. The first-order chi connectivity index (χ1) is 9.73. The van der Waals surface area contributed by atoms with Gasteiger partial charge >= 0.3 is 17.8 Å². The lowest BCUT2D eigenvalue weighted by molar-refractivity contribution is -0.143. The molecule has 1 aromatic rings. The number of aromatic nitrogens is 1. The third-order valence-corrected chi connectivity index (χ3v) is 3.35. The molecule has 1 aromatic heterocycles. The maximum atomic E-state index is 12.2. The Bertz CT molecular complexity index is 645. The predicted molar refractivity (Wildman–Crippen MR) is 73.7 cm³/mol. The zero-order valence-electron chi connectivity index (χ0n) is 12.4. The molecule has 0 bridgehead atoms. The van der Waals surface area contributed by atoms with E-state index < -0.39 is 30.4 Å². The lowest BCUT2D eigenvalue weighted by atomic mass is 10.1. The van der Waals surface area contributed by atoms with Crippen molar-refractivity contribution in [2.45, 2.75) is 33.7 Å². The molecule has 1 fully saturated rings. The molecule has 4 amide bonds. The average molecular weight is 291 g/mol. The lowest BCUT2D eigenvalue weighted by Crippen LogP contribution is -2.39. The molecule has 0 radical (unpaired) electrons. The second-order valence-electron chi connectivity index (χ2n) is 5.36. The normalized spacial score (nSPS) is 15.6. The van der Waals surface area contributed by atoms with Crippen LogP contribution in [-0.4, -0.2) is 51.0 Å². The van der Waals surface area contributed by atoms with Crippen molar-refractivity contribution in [3.05, 3.63) is 23.0 Å². The Morgan fingerprint density at radius 3 is 2.24 bits per heavy atom. The van der Waals surface area contributed by atoms with Gasteiger partial charge in [0.1, 0.15) is 0 Å². The van der Waals surface area contributed by atoms with Crippen molar-refractivity contribution in [2.24, 2.45) is 0 Å². The molecule has 7 nitrogen and oxygen atoms in total. The molecule has 2 rings (SSSR count). The van der Waals surface area contributed by atoms with Crippen LogP contribution in [0.15, 0.2) is 6.07 Å². The van der Waals surface area contributed by atoms with E-state index in [9.17, 15) is 19.2 Å². The van der Waals surface area contributed by atoms with Crippen molar-refractivity contribution in [1.29, 1.82) is 0 Å². The Hall–Kier alpha value is -2.44. The van der Waals surface area contributed by atoms with Crippen molar-refractivity contribution in [1.82, 2.24) is 14.8 Å². The Labute approximate surface area is 121 Å². The number of carbonyl (C=O) groups is 4. The van der Waals surface area contributed by atoms with E-state index in [0.717, 1.165) is 10.6 Å². The minimum absolute atomic E-state index is 0.378. The first-order valence-electron chi connectivity index (χ1n) is 6.62. The van der Waals surface area contributed by atoms with Gasteiger partial charge in [-0.15, -0.1) is 0 Å². The summed E-state index contributed by atoms with van der Waals surface area (Å²) in [5, 5.41) is 0. The highest BCUT2D eigenvalue weighted by Crippen LogP contribution is 2.17. The third-order valence-electron chi connectivity index (χ3n) is 3.35. The number of aromatic amines is 1. The smallest absolute Gasteiger partial charge is 0.334 e. The minimum atomic E-state index is -0.952. The van der Waals surface area contributed by atoms with Crippen molar-refractivity contribution >= 4 is 23.6 Å². The Balaban J connectivity index is 2.22. The van der Waals surface area contributed by atoms with Gasteiger partial charge in [0.15, 0.2) is 5.78 Å². The van der Waals surface area contributed by atoms with Crippen LogP contribution in [0, 0.1) is 13.8 Å². The van der Waals surface area contributed by atoms with Crippen LogP contribution < -0.4 is 0 Å². The van der Waals surface area contributed by atoms with Crippen LogP contribution in [0.3, 0.4) is 0 Å². The van der Waals surface area contributed by atoms with Crippen LogP contribution in [0.4, 0.5) is 4.79 Å². The number of hydrogen-bond acceptors (Lipinski definition) is 4. The highest BCUT2D eigenvalue weighted by Gasteiger charge is 2.46. The van der Waals surface area contributed by atoms with E-state index in [1.807, 2.05) is 0 Å². The van der Waals surface area contributed by atoms with Gasteiger partial charge in [0.05, 0.1) is 6.54 Å². The molecule has 1 aliphatic rings. The van der Waals surface area contributed by atoms with Crippen LogP contribution >= 0.6 is 0 Å². The number of urea groups is 1. The van der Waals surface area contributed by atoms with Gasteiger partial charge in [-0.25, -0.2) is 9.69 Å². The molecule has 2 heterocycles. The summed E-state index contributed by atoms with van der Waals surface area (Å²) in [5.41, 5.74) is 1.90. The number of nitrogens with zero attached hydrogens (tertiary/aromatic N) is 2. The van der Waals surface area contributed by atoms with Crippen molar-refractivity contribution in [3.8, 4) is 0 Å². The standard InChI is InChI=1S/C14H17N3O4/c1-7(2)17-13(20)12(19)16(14(17)21)6-11(18)10-5-8(3)15-9(10)4/h5,7,15H,6H2,1-4H3. The number of Topliss-reactive ketones (excluding diaryl/α,β-unsaturated/α-hetero) is 1. The van der Waals surface area contributed by atoms with E-state index in [0.29, 0.717) is 16.2 Å². The zero-order chi connectivity index (χ0) is 15.9. The van der Waals surface area contributed by atoms with Crippen LogP contribution in [0.5, 0.6) is 0 Å². The van der Waals surface area contributed by atoms with E-state index in [2.05, 4.69) is 4.98 Å². The largest absolute Gasteiger partial charge is 0.362 e. The number of amides is 4. The Kier molecular flexibility index (Phi) is 3.67. The molecule has 7 heteroatoms. The topological polar surface area (TPSA) is 90.6 Å². The first-order valence-corrected chi connectivity index (χ1v) is 6.62. The van der Waals surface area contributed by atoms with E-state index in [-0.39, 0.29) is 5.78 Å². The second kappa shape index (κ2) is 5.16. The van der Waals surface area contributed by atoms with Gasteiger partial charge in [-0.1, -0.05) is 0 Å². The first kappa shape index (κ1) is 15.0. The van der Waals surface area contributed by atoms with Crippen LogP contribution in [0.1, 0.15) is 35.6 Å². The van der Waals surface area contributed by atoms with Crippen LogP contribution in [-0.2, 0) is 9.59 Å². The number of aryl methyl sites for hydroxylation is 2. The van der Waals surface area contributed by atoms with E-state index in [1.54, 1.807) is 33.8 Å². The van der Waals surface area contributed by atoms with E-state index in [1.165, 1.54) is 0 Å². The molecular formula is C14H17N3O4. The number of rotatable bonds is 4. The van der Waals surface area contributed by atoms with Gasteiger partial charge in [0.25, 0.3) is 0 Å². The molecule has 0 spiro atoms. The maximum absolute atomic E-state index is 12.2. The number of nitrogens with one attached hydrogen (secondary N) is 1. The molecule has 0 aromatic carbocycles. The summed E-state index contributed by atoms with van der Waals surface area (Å²) in [7, 11) is 0. The molecule has 0 unspecified atom stereocenters. The summed E-state index contributed by atoms with van der Waals surface area (Å²) in [6, 6.07) is 0.494. The number of carbonyl (C=O) groups excluding carboxylic acids is 4. The van der Waals surface area contributed by atoms with Gasteiger partial charge in [0.2, 0.25) is 0 Å². The molecule has 1 aliphatic heterocycles. The summed E-state index contributed by atoms with van der Waals surface area (Å²) >= 11 is 0. The Morgan fingerprint density at radius 2 is 1.81 bits per heavy atom. The van der Waals surface area contributed by atoms with Gasteiger partial charge in [-0.05, 0) is 33.8 Å². The fraction of sp³-hybridized carbons (Fsp3) is 0.429. The summed E-state index contributed by atoms with van der Waals surface area (Å²) in [5.74, 6) is -2.21. The highest BCUT2D eigenvalue weighted by molar-refractivity contribution is 6.45. The van der Waals surface area contributed by atoms with Gasteiger partial charge in [-0.2, -0.15) is 0 Å². The fourth-order valence-corrected chi connectivity index (χ4v) is 2.36. The van der Waals surface area contributed by atoms with Gasteiger partial charge in [0, 0.05) is 23.0 Å². The molecule has 21 heavy (non-hydrogen) atoms. The number of H-pyrrole nitrogens is 1.